The zero-order valence-electron chi connectivity index (χ0n) is 13.9. The fourth-order valence-electron chi connectivity index (χ4n) is 2.84. The van der Waals surface area contributed by atoms with Crippen LogP contribution in [0.5, 0.6) is 5.75 Å². The van der Waals surface area contributed by atoms with E-state index in [2.05, 4.69) is 42.7 Å². The molecule has 0 aliphatic rings. The van der Waals surface area contributed by atoms with E-state index in [-0.39, 0.29) is 0 Å². The normalized spacial score (nSPS) is 11.9. The Morgan fingerprint density at radius 2 is 2.04 bits per heavy atom. The maximum absolute atomic E-state index is 9.46. The van der Waals surface area contributed by atoms with Crippen LogP contribution in [0, 0.1) is 18.3 Å². The summed E-state index contributed by atoms with van der Waals surface area (Å²) in [6.07, 6.45) is 0.346. The third kappa shape index (κ3) is 3.37. The summed E-state index contributed by atoms with van der Waals surface area (Å²) in [6.45, 7) is 4.66. The molecule has 1 heterocycles. The van der Waals surface area contributed by atoms with Gasteiger partial charge in [0.05, 0.1) is 6.54 Å². The molecular formula is C20H20N2OS. The van der Waals surface area contributed by atoms with Crippen LogP contribution in [0.4, 0.5) is 5.69 Å². The number of aryl methyl sites for hydroxylation is 2. The van der Waals surface area contributed by atoms with Gasteiger partial charge in [0.15, 0.2) is 0 Å². The summed E-state index contributed by atoms with van der Waals surface area (Å²) in [4.78, 5) is 0. The van der Waals surface area contributed by atoms with Gasteiger partial charge in [-0.1, -0.05) is 25.1 Å². The van der Waals surface area contributed by atoms with Crippen LogP contribution in [0.15, 0.2) is 47.8 Å². The van der Waals surface area contributed by atoms with Crippen molar-refractivity contribution in [3.05, 3.63) is 59.0 Å². The van der Waals surface area contributed by atoms with Crippen LogP contribution in [0.3, 0.4) is 0 Å². The standard InChI is InChI=1S/C20H20N2OS/c1-3-17-18-9-10-24-20(18)14(2)11-19(17)23-16(12-21)13-22-15-7-5-4-6-8-15/h4-11,16,22H,3,13H2,1-2H3. The summed E-state index contributed by atoms with van der Waals surface area (Å²) in [5.41, 5.74) is 3.36. The number of fused-ring (bicyclic) bond motifs is 1. The number of hydrogen-bond acceptors (Lipinski definition) is 4. The zero-order valence-corrected chi connectivity index (χ0v) is 14.7. The lowest BCUT2D eigenvalue weighted by Gasteiger charge is -2.18. The lowest BCUT2D eigenvalue weighted by Crippen LogP contribution is -2.25. The van der Waals surface area contributed by atoms with Gasteiger partial charge in [0.2, 0.25) is 6.10 Å². The Balaban J connectivity index is 1.81. The average Bonchev–Trinajstić information content (AvgIpc) is 3.10. The van der Waals surface area contributed by atoms with Crippen LogP contribution in [-0.2, 0) is 6.42 Å². The third-order valence-electron chi connectivity index (χ3n) is 4.03. The Morgan fingerprint density at radius 1 is 1.25 bits per heavy atom. The van der Waals surface area contributed by atoms with E-state index in [0.717, 1.165) is 17.9 Å². The minimum Gasteiger partial charge on any atom is -0.473 e. The van der Waals surface area contributed by atoms with Gasteiger partial charge in [0.25, 0.3) is 0 Å². The molecular weight excluding hydrogens is 316 g/mol. The van der Waals surface area contributed by atoms with E-state index in [1.165, 1.54) is 21.2 Å². The van der Waals surface area contributed by atoms with Crippen molar-refractivity contribution in [2.75, 3.05) is 11.9 Å². The summed E-state index contributed by atoms with van der Waals surface area (Å²) >= 11 is 1.75. The van der Waals surface area contributed by atoms with Crippen molar-refractivity contribution in [1.82, 2.24) is 0 Å². The van der Waals surface area contributed by atoms with E-state index < -0.39 is 6.10 Å². The summed E-state index contributed by atoms with van der Waals surface area (Å²) in [7, 11) is 0. The van der Waals surface area contributed by atoms with E-state index >= 15 is 0 Å². The highest BCUT2D eigenvalue weighted by molar-refractivity contribution is 7.17. The molecule has 3 rings (SSSR count). The largest absolute Gasteiger partial charge is 0.473 e. The van der Waals surface area contributed by atoms with E-state index in [1.54, 1.807) is 11.3 Å². The van der Waals surface area contributed by atoms with Crippen LogP contribution in [-0.4, -0.2) is 12.6 Å². The first-order valence-electron chi connectivity index (χ1n) is 8.07. The number of para-hydroxylation sites is 1. The molecule has 0 aliphatic carbocycles. The Bertz CT molecular complexity index is 864. The predicted molar refractivity (Wildman–Crippen MR) is 101 cm³/mol. The highest BCUT2D eigenvalue weighted by Gasteiger charge is 2.15. The van der Waals surface area contributed by atoms with Gasteiger partial charge in [-0.25, -0.2) is 0 Å². The Labute approximate surface area is 146 Å². The van der Waals surface area contributed by atoms with Gasteiger partial charge >= 0.3 is 0 Å². The van der Waals surface area contributed by atoms with Gasteiger partial charge < -0.3 is 10.1 Å². The van der Waals surface area contributed by atoms with Gasteiger partial charge in [-0.05, 0) is 53.9 Å². The van der Waals surface area contributed by atoms with Crippen LogP contribution in [0.2, 0.25) is 0 Å². The predicted octanol–water partition coefficient (Wildman–Crippen LogP) is 5.16. The number of hydrogen-bond donors (Lipinski definition) is 1. The molecule has 0 fully saturated rings. The second-order valence-electron chi connectivity index (χ2n) is 5.67. The first kappa shape index (κ1) is 16.4. The Kier molecular flexibility index (Phi) is 5.02. The maximum Gasteiger partial charge on any atom is 0.201 e. The fraction of sp³-hybridized carbons (Fsp3) is 0.250. The Morgan fingerprint density at radius 3 is 2.75 bits per heavy atom. The van der Waals surface area contributed by atoms with Crippen LogP contribution >= 0.6 is 11.3 Å². The van der Waals surface area contributed by atoms with E-state index in [4.69, 9.17) is 4.74 Å². The molecule has 1 atom stereocenters. The van der Waals surface area contributed by atoms with Gasteiger partial charge in [0.1, 0.15) is 11.8 Å². The summed E-state index contributed by atoms with van der Waals surface area (Å²) in [6, 6.07) is 16.3. The number of ether oxygens (including phenoxy) is 1. The van der Waals surface area contributed by atoms with Crippen molar-refractivity contribution in [2.45, 2.75) is 26.4 Å². The Hall–Kier alpha value is -2.51. The molecule has 0 aliphatic heterocycles. The molecule has 24 heavy (non-hydrogen) atoms. The number of benzene rings is 2. The fourth-order valence-corrected chi connectivity index (χ4v) is 3.74. The second-order valence-corrected chi connectivity index (χ2v) is 6.59. The molecule has 0 radical (unpaired) electrons. The topological polar surface area (TPSA) is 45.0 Å². The highest BCUT2D eigenvalue weighted by atomic mass is 32.1. The first-order valence-corrected chi connectivity index (χ1v) is 8.95. The minimum absolute atomic E-state index is 0.449. The summed E-state index contributed by atoms with van der Waals surface area (Å²) in [5.74, 6) is 0.822. The minimum atomic E-state index is -0.536. The van der Waals surface area contributed by atoms with Crippen LogP contribution < -0.4 is 10.1 Å². The maximum atomic E-state index is 9.46. The van der Waals surface area contributed by atoms with Gasteiger partial charge in [0, 0.05) is 16.0 Å². The van der Waals surface area contributed by atoms with E-state index in [1.807, 2.05) is 30.3 Å². The number of anilines is 1. The third-order valence-corrected chi connectivity index (χ3v) is 5.08. The lowest BCUT2D eigenvalue weighted by atomic mass is 10.0. The summed E-state index contributed by atoms with van der Waals surface area (Å²) < 4.78 is 7.35. The molecule has 122 valence electrons. The highest BCUT2D eigenvalue weighted by Crippen LogP contribution is 2.35. The quantitative estimate of drug-likeness (QED) is 0.676. The molecule has 0 bridgehead atoms. The van der Waals surface area contributed by atoms with Crippen LogP contribution in [0.25, 0.3) is 10.1 Å². The van der Waals surface area contributed by atoms with Crippen molar-refractivity contribution in [2.24, 2.45) is 0 Å². The zero-order chi connectivity index (χ0) is 16.9. The molecule has 1 unspecified atom stereocenters. The average molecular weight is 336 g/mol. The number of nitrogens with one attached hydrogen (secondary N) is 1. The van der Waals surface area contributed by atoms with Crippen molar-refractivity contribution in [3.8, 4) is 11.8 Å². The molecule has 0 spiro atoms. The number of thiophene rings is 1. The molecule has 0 saturated carbocycles. The SMILES string of the molecule is CCc1c(OC(C#N)CNc2ccccc2)cc(C)c2sccc12. The smallest absolute Gasteiger partial charge is 0.201 e. The van der Waals surface area contributed by atoms with E-state index in [9.17, 15) is 5.26 Å². The molecule has 1 N–H and O–H groups in total. The van der Waals surface area contributed by atoms with Gasteiger partial charge in [-0.2, -0.15) is 5.26 Å². The molecule has 2 aromatic carbocycles. The van der Waals surface area contributed by atoms with Crippen molar-refractivity contribution in [1.29, 1.82) is 5.26 Å². The number of rotatable bonds is 6. The molecule has 3 nitrogen and oxygen atoms in total. The number of nitriles is 1. The van der Waals surface area contributed by atoms with Gasteiger partial charge in [-0.15, -0.1) is 11.3 Å². The molecule has 1 aromatic heterocycles. The molecule has 0 saturated heterocycles. The molecule has 3 aromatic rings. The van der Waals surface area contributed by atoms with Crippen LogP contribution in [0.1, 0.15) is 18.1 Å². The monoisotopic (exact) mass is 336 g/mol. The number of nitrogens with zero attached hydrogens (tertiary/aromatic N) is 1. The summed E-state index contributed by atoms with van der Waals surface area (Å²) in [5, 5.41) is 16.1. The molecule has 0 amide bonds. The molecule has 4 heteroatoms. The second kappa shape index (κ2) is 7.37. The van der Waals surface area contributed by atoms with E-state index in [0.29, 0.717) is 6.54 Å². The van der Waals surface area contributed by atoms with Gasteiger partial charge in [-0.3, -0.25) is 0 Å². The van der Waals surface area contributed by atoms with Crippen molar-refractivity contribution < 1.29 is 4.74 Å². The van der Waals surface area contributed by atoms with Crippen molar-refractivity contribution >= 4 is 27.1 Å². The lowest BCUT2D eigenvalue weighted by molar-refractivity contribution is 0.266. The first-order chi connectivity index (χ1) is 11.7. The van der Waals surface area contributed by atoms with Crippen molar-refractivity contribution in [3.63, 3.8) is 0 Å².